The number of carbonyl (C=O) groups is 1. The zero-order valence-corrected chi connectivity index (χ0v) is 14.0. The van der Waals surface area contributed by atoms with Crippen molar-refractivity contribution in [1.82, 2.24) is 4.90 Å². The van der Waals surface area contributed by atoms with Gasteiger partial charge in [0.25, 0.3) is 0 Å². The molecule has 0 saturated carbocycles. The van der Waals surface area contributed by atoms with Crippen LogP contribution in [0.15, 0.2) is 18.2 Å². The summed E-state index contributed by atoms with van der Waals surface area (Å²) in [4.78, 5) is 13.7. The highest BCUT2D eigenvalue weighted by molar-refractivity contribution is 5.93. The Kier molecular flexibility index (Phi) is 7.17. The first-order chi connectivity index (χ1) is 11.6. The summed E-state index contributed by atoms with van der Waals surface area (Å²) in [6, 6.07) is 4.32. The van der Waals surface area contributed by atoms with Gasteiger partial charge in [0.05, 0.1) is 9.35 Å². The fourth-order valence-corrected chi connectivity index (χ4v) is 1.61. The molecule has 126 valence electrons. The summed E-state index contributed by atoms with van der Waals surface area (Å²) in [7, 11) is 0. The van der Waals surface area contributed by atoms with E-state index in [1.165, 1.54) is 23.1 Å². The molecule has 6 heteroatoms. The lowest BCUT2D eigenvalue weighted by molar-refractivity contribution is 0.0462. The van der Waals surface area contributed by atoms with Crippen molar-refractivity contribution in [2.24, 2.45) is 0 Å². The van der Waals surface area contributed by atoms with Crippen molar-refractivity contribution in [1.29, 1.82) is 0 Å². The molecule has 5 nitrogen and oxygen atoms in total. The van der Waals surface area contributed by atoms with E-state index < -0.39 is 19.0 Å². The van der Waals surface area contributed by atoms with Crippen LogP contribution in [-0.4, -0.2) is 43.6 Å². The number of likely N-dealkylation sites (N-methyl/N-ethyl adjacent to an activating group) is 1. The highest BCUT2D eigenvalue weighted by Gasteiger charge is 2.14. The molecule has 0 fully saturated rings. The van der Waals surface area contributed by atoms with Crippen LogP contribution in [0.1, 0.15) is 43.0 Å². The maximum Gasteiger partial charge on any atom is 0.341 e. The van der Waals surface area contributed by atoms with Crippen LogP contribution < -0.4 is 10.5 Å². The maximum atomic E-state index is 12.4. The molecule has 22 heavy (non-hydrogen) atoms. The monoisotopic (exact) mass is 334 g/mol. The minimum absolute atomic E-state index is 0. The SMILES string of the molecule is Cl.[2H]C([2H])(OC(=O)c1ccc(N)cc1OCCC)C([2H])([2H])N(CC)CC. The van der Waals surface area contributed by atoms with Crippen LogP contribution in [0.25, 0.3) is 0 Å². The van der Waals surface area contributed by atoms with Gasteiger partial charge in [0.15, 0.2) is 0 Å². The second-order valence-corrected chi connectivity index (χ2v) is 4.38. The van der Waals surface area contributed by atoms with E-state index in [9.17, 15) is 4.79 Å². The molecular weight excluding hydrogens is 304 g/mol. The average molecular weight is 335 g/mol. The van der Waals surface area contributed by atoms with E-state index in [4.69, 9.17) is 20.7 Å². The zero-order chi connectivity index (χ0) is 19.3. The largest absolute Gasteiger partial charge is 0.493 e. The summed E-state index contributed by atoms with van der Waals surface area (Å²) in [6.07, 6.45) is 0.717. The normalized spacial score (nSPS) is 14.2. The second kappa shape index (κ2) is 11.2. The maximum absolute atomic E-state index is 12.4. The van der Waals surface area contributed by atoms with Gasteiger partial charge in [0, 0.05) is 21.0 Å². The molecule has 0 amide bonds. The number of nitrogens with two attached hydrogens (primary N) is 1. The Morgan fingerprint density at radius 3 is 2.59 bits per heavy atom. The van der Waals surface area contributed by atoms with Crippen LogP contribution >= 0.6 is 12.4 Å². The molecule has 1 aromatic carbocycles. The number of hydrogen-bond donors (Lipinski definition) is 1. The van der Waals surface area contributed by atoms with Gasteiger partial charge in [-0.2, -0.15) is 0 Å². The third-order valence-corrected chi connectivity index (χ3v) is 2.80. The summed E-state index contributed by atoms with van der Waals surface area (Å²) >= 11 is 0. The third kappa shape index (κ3) is 6.54. The van der Waals surface area contributed by atoms with Crippen molar-refractivity contribution in [3.8, 4) is 5.75 Å². The number of halogens is 1. The lowest BCUT2D eigenvalue weighted by Gasteiger charge is -2.18. The molecule has 1 rings (SSSR count). The first-order valence-electron chi connectivity index (χ1n) is 9.11. The van der Waals surface area contributed by atoms with E-state index in [2.05, 4.69) is 0 Å². The number of nitrogens with zero attached hydrogens (tertiary/aromatic N) is 1. The van der Waals surface area contributed by atoms with E-state index in [-0.39, 0.29) is 36.8 Å². The predicted octanol–water partition coefficient (Wildman–Crippen LogP) is 2.98. The molecule has 0 heterocycles. The average Bonchev–Trinajstić information content (AvgIpc) is 2.53. The molecule has 0 saturated heterocycles. The molecule has 0 atom stereocenters. The van der Waals surface area contributed by atoms with Crippen molar-refractivity contribution < 1.29 is 19.8 Å². The Bertz CT molecular complexity index is 599. The third-order valence-electron chi connectivity index (χ3n) is 2.80. The molecule has 0 radical (unpaired) electrons. The highest BCUT2D eigenvalue weighted by atomic mass is 35.5. The summed E-state index contributed by atoms with van der Waals surface area (Å²) < 4.78 is 42.3. The smallest absolute Gasteiger partial charge is 0.341 e. The van der Waals surface area contributed by atoms with Crippen LogP contribution in [0.5, 0.6) is 5.75 Å². The van der Waals surface area contributed by atoms with Crippen LogP contribution in [0, 0.1) is 0 Å². The fraction of sp³-hybridized carbons (Fsp3) is 0.562. The summed E-state index contributed by atoms with van der Waals surface area (Å²) in [5.41, 5.74) is 6.09. The number of anilines is 1. The molecule has 0 unspecified atom stereocenters. The van der Waals surface area contributed by atoms with Crippen LogP contribution in [0.2, 0.25) is 0 Å². The number of hydrogen-bond acceptors (Lipinski definition) is 5. The standard InChI is InChI=1S/C16H26N2O3.ClH/c1-4-10-20-15-12-13(17)7-8-14(15)16(19)21-11-9-18(5-2)6-3;/h7-8,12H,4-6,9-11,17H2,1-3H3;1H/i9D2,11D2;. The Labute approximate surface area is 144 Å². The predicted molar refractivity (Wildman–Crippen MR) is 92.0 cm³/mol. The fourth-order valence-electron chi connectivity index (χ4n) is 1.61. The number of nitrogen functional groups attached to an aromatic ring is 1. The van der Waals surface area contributed by atoms with Crippen LogP contribution in [0.3, 0.4) is 0 Å². The molecule has 0 aliphatic heterocycles. The minimum atomic E-state index is -2.85. The van der Waals surface area contributed by atoms with Gasteiger partial charge in [-0.1, -0.05) is 20.8 Å². The topological polar surface area (TPSA) is 64.8 Å². The number of rotatable bonds is 9. The van der Waals surface area contributed by atoms with Crippen molar-refractivity contribution >= 4 is 24.1 Å². The van der Waals surface area contributed by atoms with Crippen LogP contribution in [-0.2, 0) is 4.74 Å². The number of benzene rings is 1. The summed E-state index contributed by atoms with van der Waals surface area (Å²) in [5.74, 6) is -0.821. The van der Waals surface area contributed by atoms with E-state index in [1.807, 2.05) is 6.92 Å². The molecule has 1 aromatic rings. The van der Waals surface area contributed by atoms with E-state index >= 15 is 0 Å². The van der Waals surface area contributed by atoms with Gasteiger partial charge in [-0.05, 0) is 31.6 Å². The summed E-state index contributed by atoms with van der Waals surface area (Å²) in [5, 5.41) is 0. The molecule has 0 spiro atoms. The molecule has 0 aliphatic carbocycles. The lowest BCUT2D eigenvalue weighted by atomic mass is 10.2. The Morgan fingerprint density at radius 2 is 2.00 bits per heavy atom. The van der Waals surface area contributed by atoms with Crippen LogP contribution in [0.4, 0.5) is 5.69 Å². The van der Waals surface area contributed by atoms with E-state index in [0.717, 1.165) is 0 Å². The van der Waals surface area contributed by atoms with E-state index in [0.29, 0.717) is 18.7 Å². The molecule has 0 bridgehead atoms. The van der Waals surface area contributed by atoms with Gasteiger partial charge >= 0.3 is 5.97 Å². The van der Waals surface area contributed by atoms with Gasteiger partial charge in [0.2, 0.25) is 0 Å². The Morgan fingerprint density at radius 1 is 1.32 bits per heavy atom. The second-order valence-electron chi connectivity index (χ2n) is 4.38. The molecule has 0 aliphatic rings. The Balaban J connectivity index is 0.00000625. The van der Waals surface area contributed by atoms with Gasteiger partial charge in [-0.15, -0.1) is 12.4 Å². The first kappa shape index (κ1) is 14.2. The number of ether oxygens (including phenoxy) is 2. The van der Waals surface area contributed by atoms with Crippen molar-refractivity contribution in [3.63, 3.8) is 0 Å². The Hall–Kier alpha value is -1.46. The summed E-state index contributed by atoms with van der Waals surface area (Å²) in [6.45, 7) is 0.884. The molecule has 2 N–H and O–H groups in total. The highest BCUT2D eigenvalue weighted by Crippen LogP contribution is 2.23. The van der Waals surface area contributed by atoms with Gasteiger partial charge in [-0.3, -0.25) is 0 Å². The quantitative estimate of drug-likeness (QED) is 0.555. The van der Waals surface area contributed by atoms with Gasteiger partial charge in [0.1, 0.15) is 17.9 Å². The number of esters is 1. The molecule has 0 aromatic heterocycles. The van der Waals surface area contributed by atoms with Gasteiger partial charge < -0.3 is 20.1 Å². The van der Waals surface area contributed by atoms with Crippen molar-refractivity contribution in [3.05, 3.63) is 23.8 Å². The van der Waals surface area contributed by atoms with Crippen molar-refractivity contribution in [2.45, 2.75) is 27.2 Å². The van der Waals surface area contributed by atoms with E-state index in [1.54, 1.807) is 13.8 Å². The van der Waals surface area contributed by atoms with Crippen molar-refractivity contribution in [2.75, 3.05) is 38.5 Å². The lowest BCUT2D eigenvalue weighted by Crippen LogP contribution is -2.28. The zero-order valence-electron chi connectivity index (χ0n) is 17.2. The molecular formula is C16H27ClN2O3. The number of carbonyl (C=O) groups excluding carboxylic acids is 1. The van der Waals surface area contributed by atoms with Gasteiger partial charge in [-0.25, -0.2) is 4.79 Å². The first-order valence-corrected chi connectivity index (χ1v) is 7.11. The minimum Gasteiger partial charge on any atom is -0.493 e.